The fraction of sp³-hybridized carbons (Fsp3) is 0.176. The quantitative estimate of drug-likeness (QED) is 0.733. The van der Waals surface area contributed by atoms with E-state index < -0.39 is 35.2 Å². The number of halogens is 4. The van der Waals surface area contributed by atoms with E-state index in [2.05, 4.69) is 4.98 Å². The van der Waals surface area contributed by atoms with Crippen LogP contribution in [0.1, 0.15) is 30.8 Å². The van der Waals surface area contributed by atoms with Crippen LogP contribution in [0, 0.1) is 11.6 Å². The molecule has 1 heterocycles. The van der Waals surface area contributed by atoms with Crippen molar-refractivity contribution in [1.29, 1.82) is 0 Å². The summed E-state index contributed by atoms with van der Waals surface area (Å²) in [4.78, 5) is 16.9. The minimum Gasteiger partial charge on any atom is -0.322 e. The molecule has 3 rings (SSSR count). The van der Waals surface area contributed by atoms with E-state index >= 15 is 0 Å². The van der Waals surface area contributed by atoms with Crippen LogP contribution in [0.2, 0.25) is 0 Å². The molecule has 0 fully saturated rings. The summed E-state index contributed by atoms with van der Waals surface area (Å²) in [7, 11) is 0. The van der Waals surface area contributed by atoms with Crippen molar-refractivity contribution in [2.75, 3.05) is 0 Å². The molecule has 0 spiro atoms. The number of nitrogens with two attached hydrogens (primary N) is 1. The normalized spacial score (nSPS) is 12.8. The summed E-state index contributed by atoms with van der Waals surface area (Å²) in [5.74, 6) is -1.76. The SMILES string of the molecule is CC(N)c1nc2cccc(F)c2c(=O)n1-c1cc(F)cc(C(F)F)c1. The van der Waals surface area contributed by atoms with E-state index in [4.69, 9.17) is 5.73 Å². The first-order chi connectivity index (χ1) is 11.8. The van der Waals surface area contributed by atoms with Crippen LogP contribution in [-0.4, -0.2) is 9.55 Å². The zero-order valence-corrected chi connectivity index (χ0v) is 13.0. The summed E-state index contributed by atoms with van der Waals surface area (Å²) < 4.78 is 54.6. The number of rotatable bonds is 3. The lowest BCUT2D eigenvalue weighted by Gasteiger charge is -2.17. The van der Waals surface area contributed by atoms with E-state index in [1.165, 1.54) is 19.1 Å². The van der Waals surface area contributed by atoms with Crippen LogP contribution in [0.3, 0.4) is 0 Å². The summed E-state index contributed by atoms with van der Waals surface area (Å²) in [5.41, 5.74) is 4.27. The smallest absolute Gasteiger partial charge is 0.269 e. The van der Waals surface area contributed by atoms with Crippen LogP contribution in [0.5, 0.6) is 0 Å². The van der Waals surface area contributed by atoms with Gasteiger partial charge in [-0.05, 0) is 37.3 Å². The maximum atomic E-state index is 14.1. The van der Waals surface area contributed by atoms with Gasteiger partial charge in [-0.25, -0.2) is 22.5 Å². The van der Waals surface area contributed by atoms with Gasteiger partial charge in [0.15, 0.2) is 0 Å². The minimum atomic E-state index is -2.94. The lowest BCUT2D eigenvalue weighted by Crippen LogP contribution is -2.28. The molecule has 25 heavy (non-hydrogen) atoms. The van der Waals surface area contributed by atoms with Gasteiger partial charge in [0.25, 0.3) is 12.0 Å². The molecule has 1 atom stereocenters. The second kappa shape index (κ2) is 6.29. The number of fused-ring (bicyclic) bond motifs is 1. The molecule has 0 aliphatic rings. The number of nitrogens with zero attached hydrogens (tertiary/aromatic N) is 2. The van der Waals surface area contributed by atoms with Crippen molar-refractivity contribution in [3.05, 3.63) is 69.8 Å². The highest BCUT2D eigenvalue weighted by Crippen LogP contribution is 2.25. The second-order valence-electron chi connectivity index (χ2n) is 5.58. The Kier molecular flexibility index (Phi) is 4.30. The fourth-order valence-corrected chi connectivity index (χ4v) is 2.61. The molecule has 0 bridgehead atoms. The highest BCUT2D eigenvalue weighted by atomic mass is 19.3. The van der Waals surface area contributed by atoms with E-state index in [0.29, 0.717) is 6.07 Å². The third-order valence-electron chi connectivity index (χ3n) is 3.69. The number of hydrogen-bond donors (Lipinski definition) is 1. The Morgan fingerprint density at radius 1 is 1.16 bits per heavy atom. The second-order valence-corrected chi connectivity index (χ2v) is 5.58. The fourth-order valence-electron chi connectivity index (χ4n) is 2.61. The number of benzene rings is 2. The van der Waals surface area contributed by atoms with Crippen molar-refractivity contribution in [1.82, 2.24) is 9.55 Å². The molecule has 0 aliphatic carbocycles. The Bertz CT molecular complexity index is 1010. The molecule has 0 aliphatic heterocycles. The van der Waals surface area contributed by atoms with Gasteiger partial charge in [-0.2, -0.15) is 0 Å². The lowest BCUT2D eigenvalue weighted by atomic mass is 10.1. The van der Waals surface area contributed by atoms with Crippen LogP contribution in [0.4, 0.5) is 17.6 Å². The van der Waals surface area contributed by atoms with Gasteiger partial charge in [-0.15, -0.1) is 0 Å². The van der Waals surface area contributed by atoms with Crippen LogP contribution in [-0.2, 0) is 0 Å². The first-order valence-electron chi connectivity index (χ1n) is 7.35. The highest BCUT2D eigenvalue weighted by molar-refractivity contribution is 5.78. The van der Waals surface area contributed by atoms with E-state index in [-0.39, 0.29) is 22.4 Å². The number of alkyl halides is 2. The average molecular weight is 351 g/mol. The Morgan fingerprint density at radius 3 is 2.52 bits per heavy atom. The van der Waals surface area contributed by atoms with Crippen LogP contribution in [0.15, 0.2) is 41.2 Å². The number of hydrogen-bond acceptors (Lipinski definition) is 3. The molecule has 2 aromatic carbocycles. The standard InChI is InChI=1S/C17H13F4N3O/c1-8(22)16-23-13-4-2-3-12(19)14(13)17(25)24(16)11-6-9(15(20)21)5-10(18)7-11/h2-8,15H,22H2,1H3. The predicted octanol–water partition coefficient (Wildman–Crippen LogP) is 3.62. The van der Waals surface area contributed by atoms with Crippen LogP contribution >= 0.6 is 0 Å². The maximum absolute atomic E-state index is 14.1. The van der Waals surface area contributed by atoms with Crippen LogP contribution < -0.4 is 11.3 Å². The van der Waals surface area contributed by atoms with E-state index in [1.54, 1.807) is 0 Å². The van der Waals surface area contributed by atoms with E-state index in [0.717, 1.165) is 22.8 Å². The first kappa shape index (κ1) is 17.1. The Balaban J connectivity index is 2.43. The summed E-state index contributed by atoms with van der Waals surface area (Å²) in [6, 6.07) is 5.64. The third-order valence-corrected chi connectivity index (χ3v) is 3.69. The summed E-state index contributed by atoms with van der Waals surface area (Å²) in [6.45, 7) is 1.52. The van der Waals surface area contributed by atoms with Crippen molar-refractivity contribution in [2.24, 2.45) is 5.73 Å². The largest absolute Gasteiger partial charge is 0.322 e. The van der Waals surface area contributed by atoms with Gasteiger partial charge in [0.2, 0.25) is 0 Å². The van der Waals surface area contributed by atoms with Gasteiger partial charge in [0.1, 0.15) is 22.8 Å². The van der Waals surface area contributed by atoms with Gasteiger partial charge in [0.05, 0.1) is 17.2 Å². The molecule has 0 saturated carbocycles. The highest BCUT2D eigenvalue weighted by Gasteiger charge is 2.20. The van der Waals surface area contributed by atoms with E-state index in [9.17, 15) is 22.4 Å². The van der Waals surface area contributed by atoms with E-state index in [1.807, 2.05) is 0 Å². The number of aromatic nitrogens is 2. The molecule has 1 unspecified atom stereocenters. The average Bonchev–Trinajstić information content (AvgIpc) is 2.53. The van der Waals surface area contributed by atoms with Crippen molar-refractivity contribution in [3.63, 3.8) is 0 Å². The summed E-state index contributed by atoms with van der Waals surface area (Å²) in [6.07, 6.45) is -2.94. The van der Waals surface area contributed by atoms with Gasteiger partial charge in [-0.1, -0.05) is 6.07 Å². The van der Waals surface area contributed by atoms with Gasteiger partial charge < -0.3 is 5.73 Å². The topological polar surface area (TPSA) is 60.9 Å². The molecule has 3 aromatic rings. The Hall–Kier alpha value is -2.74. The molecular weight excluding hydrogens is 338 g/mol. The van der Waals surface area contributed by atoms with Gasteiger partial charge in [0, 0.05) is 5.56 Å². The van der Waals surface area contributed by atoms with Crippen molar-refractivity contribution >= 4 is 10.9 Å². The Morgan fingerprint density at radius 2 is 1.88 bits per heavy atom. The molecule has 8 heteroatoms. The molecule has 2 N–H and O–H groups in total. The van der Waals surface area contributed by atoms with Crippen molar-refractivity contribution < 1.29 is 17.6 Å². The molecular formula is C17H13F4N3O. The van der Waals surface area contributed by atoms with Crippen molar-refractivity contribution in [3.8, 4) is 5.69 Å². The minimum absolute atomic E-state index is 0.00826. The monoisotopic (exact) mass is 351 g/mol. The first-order valence-corrected chi connectivity index (χ1v) is 7.35. The molecule has 130 valence electrons. The maximum Gasteiger partial charge on any atom is 0.269 e. The lowest BCUT2D eigenvalue weighted by molar-refractivity contribution is 0.151. The third kappa shape index (κ3) is 3.00. The van der Waals surface area contributed by atoms with Gasteiger partial charge in [-0.3, -0.25) is 9.36 Å². The zero-order valence-electron chi connectivity index (χ0n) is 13.0. The molecule has 1 aromatic heterocycles. The predicted molar refractivity (Wildman–Crippen MR) is 84.8 cm³/mol. The zero-order chi connectivity index (χ0) is 18.3. The molecule has 0 amide bonds. The van der Waals surface area contributed by atoms with Crippen molar-refractivity contribution in [2.45, 2.75) is 19.4 Å². The molecule has 4 nitrogen and oxygen atoms in total. The Labute approximate surface area is 139 Å². The van der Waals surface area contributed by atoms with Crippen LogP contribution in [0.25, 0.3) is 16.6 Å². The molecule has 0 radical (unpaired) electrons. The molecule has 0 saturated heterocycles. The summed E-state index contributed by atoms with van der Waals surface area (Å²) >= 11 is 0. The summed E-state index contributed by atoms with van der Waals surface area (Å²) in [5, 5.41) is -0.324. The van der Waals surface area contributed by atoms with Gasteiger partial charge >= 0.3 is 0 Å².